The third-order valence-corrected chi connectivity index (χ3v) is 4.81. The third kappa shape index (κ3) is 3.84. The average molecular weight is 321 g/mol. The summed E-state index contributed by atoms with van der Waals surface area (Å²) in [5.41, 5.74) is 0. The summed E-state index contributed by atoms with van der Waals surface area (Å²) in [6.07, 6.45) is 5.36. The van der Waals surface area contributed by atoms with Crippen molar-refractivity contribution in [2.45, 2.75) is 31.9 Å². The van der Waals surface area contributed by atoms with E-state index in [-0.39, 0.29) is 18.1 Å². The van der Waals surface area contributed by atoms with Crippen molar-refractivity contribution in [1.29, 1.82) is 0 Å². The molecular formula is C16H27N5O2. The standard InChI is InChI=1S/C16H27N5O2/c1-3-20-10-11-23-14(12-20)15(22)18-13-4-7-21(8-5-13)16-17-6-9-19(16)2/h6,9,13-14H,3-5,7-8,10-12H2,1-2H3,(H,18,22). The summed E-state index contributed by atoms with van der Waals surface area (Å²) >= 11 is 0. The zero-order valence-electron chi connectivity index (χ0n) is 14.1. The highest BCUT2D eigenvalue weighted by Gasteiger charge is 2.29. The molecule has 128 valence electrons. The van der Waals surface area contributed by atoms with Gasteiger partial charge in [-0.2, -0.15) is 0 Å². The molecule has 7 nitrogen and oxygen atoms in total. The van der Waals surface area contributed by atoms with Crippen molar-refractivity contribution in [3.05, 3.63) is 12.4 Å². The summed E-state index contributed by atoms with van der Waals surface area (Å²) in [6, 6.07) is 0.236. The minimum absolute atomic E-state index is 0.0404. The predicted octanol–water partition coefficient (Wildman–Crippen LogP) is 0.226. The number of imidazole rings is 1. The number of hydrogen-bond acceptors (Lipinski definition) is 5. The molecule has 0 saturated carbocycles. The summed E-state index contributed by atoms with van der Waals surface area (Å²) in [6.45, 7) is 7.19. The second kappa shape index (κ2) is 7.31. The van der Waals surface area contributed by atoms with Crippen LogP contribution >= 0.6 is 0 Å². The summed E-state index contributed by atoms with van der Waals surface area (Å²) in [5, 5.41) is 3.17. The van der Waals surface area contributed by atoms with Gasteiger partial charge in [0.05, 0.1) is 6.61 Å². The highest BCUT2D eigenvalue weighted by molar-refractivity contribution is 5.81. The molecule has 0 radical (unpaired) electrons. The fourth-order valence-electron chi connectivity index (χ4n) is 3.33. The quantitative estimate of drug-likeness (QED) is 0.860. The summed E-state index contributed by atoms with van der Waals surface area (Å²) < 4.78 is 7.67. The molecule has 1 aromatic rings. The lowest BCUT2D eigenvalue weighted by molar-refractivity contribution is -0.139. The van der Waals surface area contributed by atoms with E-state index in [0.717, 1.165) is 45.0 Å². The van der Waals surface area contributed by atoms with Crippen LogP contribution < -0.4 is 10.2 Å². The van der Waals surface area contributed by atoms with E-state index < -0.39 is 0 Å². The largest absolute Gasteiger partial charge is 0.366 e. The first-order valence-corrected chi connectivity index (χ1v) is 8.54. The molecule has 0 aliphatic carbocycles. The number of nitrogens with one attached hydrogen (secondary N) is 1. The molecule has 3 rings (SSSR count). The van der Waals surface area contributed by atoms with Crippen molar-refractivity contribution < 1.29 is 9.53 Å². The Balaban J connectivity index is 1.47. The van der Waals surface area contributed by atoms with E-state index in [1.807, 2.05) is 24.0 Å². The van der Waals surface area contributed by atoms with Crippen molar-refractivity contribution in [2.75, 3.05) is 44.2 Å². The number of aromatic nitrogens is 2. The first-order valence-electron chi connectivity index (χ1n) is 8.54. The van der Waals surface area contributed by atoms with Crippen molar-refractivity contribution in [3.63, 3.8) is 0 Å². The topological polar surface area (TPSA) is 62.6 Å². The highest BCUT2D eigenvalue weighted by Crippen LogP contribution is 2.18. The van der Waals surface area contributed by atoms with Crippen molar-refractivity contribution in [1.82, 2.24) is 19.8 Å². The minimum atomic E-state index is -0.323. The van der Waals surface area contributed by atoms with Gasteiger partial charge >= 0.3 is 0 Å². The number of rotatable bonds is 4. The molecule has 0 spiro atoms. The lowest BCUT2D eigenvalue weighted by Crippen LogP contribution is -2.53. The van der Waals surface area contributed by atoms with Gasteiger partial charge in [0.2, 0.25) is 5.95 Å². The smallest absolute Gasteiger partial charge is 0.250 e. The first kappa shape index (κ1) is 16.3. The monoisotopic (exact) mass is 321 g/mol. The van der Waals surface area contributed by atoms with E-state index in [2.05, 4.69) is 27.0 Å². The normalized spacial score (nSPS) is 23.9. The van der Waals surface area contributed by atoms with Crippen LogP contribution in [0.4, 0.5) is 5.95 Å². The molecule has 1 aromatic heterocycles. The number of carbonyl (C=O) groups excluding carboxylic acids is 1. The van der Waals surface area contributed by atoms with E-state index in [9.17, 15) is 4.79 Å². The van der Waals surface area contributed by atoms with E-state index in [1.165, 1.54) is 0 Å². The molecule has 2 aliphatic rings. The number of amides is 1. The maximum absolute atomic E-state index is 12.4. The summed E-state index contributed by atoms with van der Waals surface area (Å²) in [4.78, 5) is 21.3. The molecule has 1 N–H and O–H groups in total. The van der Waals surface area contributed by atoms with Gasteiger partial charge in [0.25, 0.3) is 5.91 Å². The van der Waals surface area contributed by atoms with Gasteiger partial charge in [-0.05, 0) is 19.4 Å². The van der Waals surface area contributed by atoms with Gasteiger partial charge in [0.15, 0.2) is 0 Å². The molecule has 23 heavy (non-hydrogen) atoms. The van der Waals surface area contributed by atoms with Gasteiger partial charge in [0.1, 0.15) is 6.10 Å². The predicted molar refractivity (Wildman–Crippen MR) is 88.4 cm³/mol. The lowest BCUT2D eigenvalue weighted by atomic mass is 10.0. The van der Waals surface area contributed by atoms with Crippen molar-refractivity contribution >= 4 is 11.9 Å². The molecule has 3 heterocycles. The Morgan fingerprint density at radius 1 is 1.39 bits per heavy atom. The molecule has 0 aromatic carbocycles. The summed E-state index contributed by atoms with van der Waals surface area (Å²) in [5.74, 6) is 1.04. The van der Waals surface area contributed by atoms with Crippen LogP contribution in [-0.4, -0.2) is 71.8 Å². The minimum Gasteiger partial charge on any atom is -0.366 e. The van der Waals surface area contributed by atoms with Gasteiger partial charge in [-0.15, -0.1) is 0 Å². The lowest BCUT2D eigenvalue weighted by Gasteiger charge is -2.35. The van der Waals surface area contributed by atoms with Crippen LogP contribution in [-0.2, 0) is 16.6 Å². The number of likely N-dealkylation sites (N-methyl/N-ethyl adjacent to an activating group) is 1. The van der Waals surface area contributed by atoms with Gasteiger partial charge in [-0.3, -0.25) is 9.69 Å². The zero-order chi connectivity index (χ0) is 16.2. The molecule has 1 unspecified atom stereocenters. The second-order valence-electron chi connectivity index (χ2n) is 6.36. The number of nitrogens with zero attached hydrogens (tertiary/aromatic N) is 4. The Kier molecular flexibility index (Phi) is 5.17. The van der Waals surface area contributed by atoms with Crippen molar-refractivity contribution in [3.8, 4) is 0 Å². The maximum atomic E-state index is 12.4. The second-order valence-corrected chi connectivity index (χ2v) is 6.36. The van der Waals surface area contributed by atoms with E-state index in [1.54, 1.807) is 0 Å². The number of ether oxygens (including phenoxy) is 1. The summed E-state index contributed by atoms with van der Waals surface area (Å²) in [7, 11) is 2.01. The highest BCUT2D eigenvalue weighted by atomic mass is 16.5. The van der Waals surface area contributed by atoms with Crippen LogP contribution in [0.25, 0.3) is 0 Å². The number of anilines is 1. The molecule has 2 saturated heterocycles. The zero-order valence-corrected chi connectivity index (χ0v) is 14.1. The molecule has 0 bridgehead atoms. The van der Waals surface area contributed by atoms with Gasteiger partial charge in [0, 0.05) is 51.7 Å². The van der Waals surface area contributed by atoms with Crippen molar-refractivity contribution in [2.24, 2.45) is 7.05 Å². The number of hydrogen-bond donors (Lipinski definition) is 1. The Bertz CT molecular complexity index is 524. The first-order chi connectivity index (χ1) is 11.2. The molecular weight excluding hydrogens is 294 g/mol. The Morgan fingerprint density at radius 3 is 2.83 bits per heavy atom. The number of morpholine rings is 1. The fourth-order valence-corrected chi connectivity index (χ4v) is 3.33. The van der Waals surface area contributed by atoms with Gasteiger partial charge in [-0.1, -0.05) is 6.92 Å². The SMILES string of the molecule is CCN1CCOC(C(=O)NC2CCN(c3nccn3C)CC2)C1. The Morgan fingerprint density at radius 2 is 2.17 bits per heavy atom. The Labute approximate surface area is 137 Å². The number of carbonyl (C=O) groups is 1. The van der Waals surface area contributed by atoms with Crippen LogP contribution in [0, 0.1) is 0 Å². The van der Waals surface area contributed by atoms with E-state index in [4.69, 9.17) is 4.74 Å². The molecule has 2 aliphatic heterocycles. The molecule has 1 amide bonds. The third-order valence-electron chi connectivity index (χ3n) is 4.81. The fraction of sp³-hybridized carbons (Fsp3) is 0.750. The molecule has 1 atom stereocenters. The maximum Gasteiger partial charge on any atom is 0.250 e. The molecule has 2 fully saturated rings. The van der Waals surface area contributed by atoms with Gasteiger partial charge < -0.3 is 19.5 Å². The van der Waals surface area contributed by atoms with Crippen LogP contribution in [0.15, 0.2) is 12.4 Å². The van der Waals surface area contributed by atoms with Crippen LogP contribution in [0.3, 0.4) is 0 Å². The van der Waals surface area contributed by atoms with E-state index >= 15 is 0 Å². The average Bonchev–Trinajstić information content (AvgIpc) is 3.01. The number of aryl methyl sites for hydroxylation is 1. The molecule has 7 heteroatoms. The van der Waals surface area contributed by atoms with Gasteiger partial charge in [-0.25, -0.2) is 4.98 Å². The Hall–Kier alpha value is -1.60. The van der Waals surface area contributed by atoms with Crippen LogP contribution in [0.2, 0.25) is 0 Å². The van der Waals surface area contributed by atoms with Crippen LogP contribution in [0.5, 0.6) is 0 Å². The number of piperidine rings is 1. The van der Waals surface area contributed by atoms with E-state index in [0.29, 0.717) is 13.2 Å². The van der Waals surface area contributed by atoms with Crippen LogP contribution in [0.1, 0.15) is 19.8 Å².